The number of methoxy groups -OCH3 is 3. The van der Waals surface area contributed by atoms with Gasteiger partial charge in [0, 0.05) is 31.8 Å². The molecule has 1 rings (SSSR count). The van der Waals surface area contributed by atoms with Gasteiger partial charge >= 0.3 is 0 Å². The molecule has 0 saturated carbocycles. The van der Waals surface area contributed by atoms with Gasteiger partial charge in [0.15, 0.2) is 5.96 Å². The second-order valence-electron chi connectivity index (χ2n) is 5.69. The summed E-state index contributed by atoms with van der Waals surface area (Å²) in [5.41, 5.74) is 0.741. The summed E-state index contributed by atoms with van der Waals surface area (Å²) < 4.78 is 16.0. The maximum absolute atomic E-state index is 5.41. The molecule has 0 atom stereocenters. The van der Waals surface area contributed by atoms with Gasteiger partial charge in [-0.05, 0) is 32.9 Å². The van der Waals surface area contributed by atoms with Crippen LogP contribution >= 0.6 is 24.0 Å². The lowest BCUT2D eigenvalue weighted by Crippen LogP contribution is -2.45. The molecule has 24 heavy (non-hydrogen) atoms. The first-order chi connectivity index (χ1) is 11.0. The quantitative estimate of drug-likeness (QED) is 0.362. The third kappa shape index (κ3) is 7.57. The molecular formula is C17H30IN3O3. The number of nitrogens with zero attached hydrogens (tertiary/aromatic N) is 1. The highest BCUT2D eigenvalue weighted by Gasteiger charge is 2.16. The first kappa shape index (κ1) is 22.8. The Hall–Kier alpha value is -1.22. The first-order valence-electron chi connectivity index (χ1n) is 7.74. The van der Waals surface area contributed by atoms with Gasteiger partial charge in [-0.1, -0.05) is 0 Å². The highest BCUT2D eigenvalue weighted by Crippen LogP contribution is 2.25. The first-order valence-corrected chi connectivity index (χ1v) is 7.74. The van der Waals surface area contributed by atoms with Crippen molar-refractivity contribution in [2.45, 2.75) is 32.9 Å². The van der Waals surface area contributed by atoms with E-state index < -0.39 is 0 Å². The molecule has 138 valence electrons. The molecule has 0 fully saturated rings. The van der Waals surface area contributed by atoms with E-state index in [4.69, 9.17) is 14.2 Å². The minimum absolute atomic E-state index is 0. The molecule has 0 bridgehead atoms. The molecule has 6 nitrogen and oxygen atoms in total. The fraction of sp³-hybridized carbons (Fsp3) is 0.588. The summed E-state index contributed by atoms with van der Waals surface area (Å²) >= 11 is 0. The summed E-state index contributed by atoms with van der Waals surface area (Å²) in [5.74, 6) is 2.28. The minimum atomic E-state index is -0.256. The fourth-order valence-electron chi connectivity index (χ4n) is 1.86. The number of hydrogen-bond acceptors (Lipinski definition) is 4. The van der Waals surface area contributed by atoms with Crippen LogP contribution in [0.15, 0.2) is 23.2 Å². The second kappa shape index (κ2) is 11.4. The van der Waals surface area contributed by atoms with Crippen molar-refractivity contribution < 1.29 is 14.2 Å². The van der Waals surface area contributed by atoms with Crippen molar-refractivity contribution in [1.82, 2.24) is 10.6 Å². The number of guanidine groups is 1. The van der Waals surface area contributed by atoms with Crippen molar-refractivity contribution >= 4 is 29.9 Å². The Labute approximate surface area is 162 Å². The largest absolute Gasteiger partial charge is 0.497 e. The fourth-order valence-corrected chi connectivity index (χ4v) is 1.86. The summed E-state index contributed by atoms with van der Waals surface area (Å²) in [5, 5.41) is 6.52. The number of nitrogens with one attached hydrogen (secondary N) is 2. The van der Waals surface area contributed by atoms with E-state index >= 15 is 0 Å². The van der Waals surface area contributed by atoms with Crippen molar-refractivity contribution in [2.75, 3.05) is 34.4 Å². The van der Waals surface area contributed by atoms with Gasteiger partial charge in [-0.2, -0.15) is 0 Å². The Bertz CT molecular complexity index is 522. The van der Waals surface area contributed by atoms with Crippen LogP contribution in [-0.2, 0) is 11.3 Å². The Balaban J connectivity index is 0.00000529. The van der Waals surface area contributed by atoms with Crippen LogP contribution in [-0.4, -0.2) is 46.0 Å². The SMILES string of the molecule is CCNC(=NCc1ccc(OC)cc1OC)NCC(C)(C)OC.I. The van der Waals surface area contributed by atoms with Gasteiger partial charge in [-0.3, -0.25) is 0 Å². The Kier molecular flexibility index (Phi) is 10.8. The maximum atomic E-state index is 5.41. The molecule has 0 aliphatic carbocycles. The van der Waals surface area contributed by atoms with Gasteiger partial charge in [0.1, 0.15) is 11.5 Å². The average molecular weight is 451 g/mol. The predicted molar refractivity (Wildman–Crippen MR) is 109 cm³/mol. The van der Waals surface area contributed by atoms with Crippen molar-refractivity contribution in [3.63, 3.8) is 0 Å². The monoisotopic (exact) mass is 451 g/mol. The summed E-state index contributed by atoms with van der Waals surface area (Å²) in [6.07, 6.45) is 0. The third-order valence-electron chi connectivity index (χ3n) is 3.48. The summed E-state index contributed by atoms with van der Waals surface area (Å²) in [6, 6.07) is 5.73. The molecule has 0 unspecified atom stereocenters. The van der Waals surface area contributed by atoms with Crippen LogP contribution in [0, 0.1) is 0 Å². The molecule has 1 aromatic rings. The zero-order valence-electron chi connectivity index (χ0n) is 15.4. The topological polar surface area (TPSA) is 64.1 Å². The van der Waals surface area contributed by atoms with Gasteiger partial charge in [-0.25, -0.2) is 4.99 Å². The number of halogens is 1. The van der Waals surface area contributed by atoms with Crippen LogP contribution in [0.3, 0.4) is 0 Å². The highest BCUT2D eigenvalue weighted by atomic mass is 127. The van der Waals surface area contributed by atoms with E-state index in [1.54, 1.807) is 21.3 Å². The van der Waals surface area contributed by atoms with Crippen molar-refractivity contribution in [2.24, 2.45) is 4.99 Å². The molecule has 0 spiro atoms. The van der Waals surface area contributed by atoms with Crippen molar-refractivity contribution in [3.05, 3.63) is 23.8 Å². The summed E-state index contributed by atoms with van der Waals surface area (Å²) in [4.78, 5) is 4.60. The molecular weight excluding hydrogens is 421 g/mol. The molecule has 7 heteroatoms. The zero-order chi connectivity index (χ0) is 17.3. The van der Waals surface area contributed by atoms with E-state index in [2.05, 4.69) is 15.6 Å². The Morgan fingerprint density at radius 1 is 1.12 bits per heavy atom. The number of rotatable bonds is 8. The molecule has 1 aromatic carbocycles. The van der Waals surface area contributed by atoms with Crippen LogP contribution in [0.1, 0.15) is 26.3 Å². The van der Waals surface area contributed by atoms with Crippen LogP contribution in [0.2, 0.25) is 0 Å². The molecule has 0 aliphatic rings. The lowest BCUT2D eigenvalue weighted by atomic mass is 10.1. The normalized spacial score (nSPS) is 11.5. The van der Waals surface area contributed by atoms with Crippen molar-refractivity contribution in [3.8, 4) is 11.5 Å². The molecule has 0 heterocycles. The second-order valence-corrected chi connectivity index (χ2v) is 5.69. The van der Waals surface area contributed by atoms with Gasteiger partial charge in [-0.15, -0.1) is 24.0 Å². The Morgan fingerprint density at radius 2 is 1.83 bits per heavy atom. The van der Waals surface area contributed by atoms with Crippen molar-refractivity contribution in [1.29, 1.82) is 0 Å². The van der Waals surface area contributed by atoms with Gasteiger partial charge in [0.25, 0.3) is 0 Å². The molecule has 2 N–H and O–H groups in total. The van der Waals surface area contributed by atoms with Gasteiger partial charge < -0.3 is 24.8 Å². The van der Waals surface area contributed by atoms with Crippen LogP contribution in [0.25, 0.3) is 0 Å². The standard InChI is InChI=1S/C17H29N3O3.HI/c1-7-18-16(20-12-17(2,3)23-6)19-11-13-8-9-14(21-4)10-15(13)22-5;/h8-10H,7,11-12H2,1-6H3,(H2,18,19,20);1H. The summed E-state index contributed by atoms with van der Waals surface area (Å²) in [7, 11) is 4.98. The predicted octanol–water partition coefficient (Wildman–Crippen LogP) is 2.80. The number of benzene rings is 1. The Morgan fingerprint density at radius 3 is 2.38 bits per heavy atom. The van der Waals surface area contributed by atoms with Crippen LogP contribution < -0.4 is 20.1 Å². The van der Waals surface area contributed by atoms with Gasteiger partial charge in [0.2, 0.25) is 0 Å². The summed E-state index contributed by atoms with van der Waals surface area (Å²) in [6.45, 7) is 8.04. The zero-order valence-corrected chi connectivity index (χ0v) is 17.8. The third-order valence-corrected chi connectivity index (χ3v) is 3.48. The number of aliphatic imine (C=N–C) groups is 1. The molecule has 0 aromatic heterocycles. The average Bonchev–Trinajstić information content (AvgIpc) is 2.57. The molecule has 0 radical (unpaired) electrons. The van der Waals surface area contributed by atoms with Crippen LogP contribution in [0.4, 0.5) is 0 Å². The number of hydrogen-bond donors (Lipinski definition) is 2. The number of ether oxygens (including phenoxy) is 3. The van der Waals surface area contributed by atoms with E-state index in [0.717, 1.165) is 29.6 Å². The molecule has 0 aliphatic heterocycles. The van der Waals surface area contributed by atoms with E-state index in [0.29, 0.717) is 13.1 Å². The van der Waals surface area contributed by atoms with E-state index in [1.807, 2.05) is 39.0 Å². The molecule has 0 saturated heterocycles. The smallest absolute Gasteiger partial charge is 0.191 e. The highest BCUT2D eigenvalue weighted by molar-refractivity contribution is 14.0. The van der Waals surface area contributed by atoms with E-state index in [-0.39, 0.29) is 29.6 Å². The minimum Gasteiger partial charge on any atom is -0.497 e. The van der Waals surface area contributed by atoms with Crippen LogP contribution in [0.5, 0.6) is 11.5 Å². The molecule has 0 amide bonds. The lowest BCUT2D eigenvalue weighted by molar-refractivity contribution is 0.0268. The lowest BCUT2D eigenvalue weighted by Gasteiger charge is -2.24. The van der Waals surface area contributed by atoms with Gasteiger partial charge in [0.05, 0.1) is 26.4 Å². The maximum Gasteiger partial charge on any atom is 0.191 e. The van der Waals surface area contributed by atoms with E-state index in [1.165, 1.54) is 0 Å². The van der Waals surface area contributed by atoms with E-state index in [9.17, 15) is 0 Å².